The molecule has 1 aromatic carbocycles. The molecule has 0 radical (unpaired) electrons. The highest BCUT2D eigenvalue weighted by Gasteiger charge is 2.22. The predicted octanol–water partition coefficient (Wildman–Crippen LogP) is 4.39. The third-order valence-electron chi connectivity index (χ3n) is 4.21. The fourth-order valence-electron chi connectivity index (χ4n) is 2.84. The van der Waals surface area contributed by atoms with Crippen LogP contribution in [0.15, 0.2) is 35.4 Å². The second-order valence-electron chi connectivity index (χ2n) is 6.94. The number of benzene rings is 1. The molecule has 0 saturated heterocycles. The number of hydrogen-bond donors (Lipinski definition) is 1. The zero-order chi connectivity index (χ0) is 20.1. The van der Waals surface area contributed by atoms with Crippen molar-refractivity contribution in [2.45, 2.75) is 43.9 Å². The van der Waals surface area contributed by atoms with Crippen molar-refractivity contribution < 1.29 is 14.3 Å². The van der Waals surface area contributed by atoms with E-state index in [0.717, 1.165) is 12.1 Å². The first kappa shape index (κ1) is 20.0. The van der Waals surface area contributed by atoms with Crippen molar-refractivity contribution in [2.75, 3.05) is 12.1 Å². The molecule has 28 heavy (non-hydrogen) atoms. The summed E-state index contributed by atoms with van der Waals surface area (Å²) in [6.45, 7) is 6.39. The molecule has 0 bridgehead atoms. The summed E-state index contributed by atoms with van der Waals surface area (Å²) in [6, 6.07) is 11.2. The van der Waals surface area contributed by atoms with Crippen LogP contribution in [0.4, 0.5) is 5.69 Å². The average Bonchev–Trinajstić information content (AvgIpc) is 3.13. The summed E-state index contributed by atoms with van der Waals surface area (Å²) < 4.78 is 10.6. The number of nitriles is 1. The Hall–Kier alpha value is -2.72. The quantitative estimate of drug-likeness (QED) is 0.698. The summed E-state index contributed by atoms with van der Waals surface area (Å²) in [5.41, 5.74) is 2.07. The van der Waals surface area contributed by atoms with Gasteiger partial charge in [-0.2, -0.15) is 5.26 Å². The maximum Gasteiger partial charge on any atom is 0.237 e. The highest BCUT2D eigenvalue weighted by atomic mass is 32.2. The number of ether oxygens (including phenoxy) is 2. The Kier molecular flexibility index (Phi) is 6.42. The summed E-state index contributed by atoms with van der Waals surface area (Å²) in [6.07, 6.45) is 1.45. The van der Waals surface area contributed by atoms with Crippen molar-refractivity contribution in [3.8, 4) is 17.6 Å². The number of nitrogens with one attached hydrogen (secondary N) is 1. The molecule has 0 saturated carbocycles. The third kappa shape index (κ3) is 4.76. The molecule has 0 spiro atoms. The molecule has 1 aliphatic rings. The van der Waals surface area contributed by atoms with Crippen molar-refractivity contribution in [3.05, 3.63) is 41.6 Å². The summed E-state index contributed by atoms with van der Waals surface area (Å²) in [5, 5.41) is 12.6. The largest absolute Gasteiger partial charge is 0.454 e. The van der Waals surface area contributed by atoms with E-state index in [1.165, 1.54) is 11.8 Å². The van der Waals surface area contributed by atoms with Crippen LogP contribution in [0, 0.1) is 17.2 Å². The molecular weight excluding hydrogens is 374 g/mol. The summed E-state index contributed by atoms with van der Waals surface area (Å²) >= 11 is 1.33. The number of hydrogen-bond acceptors (Lipinski definition) is 6. The fraction of sp³-hybridized carbons (Fsp3) is 0.381. The first-order valence-corrected chi connectivity index (χ1v) is 10.1. The number of carbonyl (C=O) groups excluding carboxylic acids is 1. The number of thioether (sulfide) groups is 1. The molecule has 1 amide bonds. The Morgan fingerprint density at radius 3 is 2.79 bits per heavy atom. The Morgan fingerprint density at radius 2 is 2.07 bits per heavy atom. The smallest absolute Gasteiger partial charge is 0.237 e. The Bertz CT molecular complexity index is 908. The molecule has 2 heterocycles. The lowest BCUT2D eigenvalue weighted by Gasteiger charge is -2.16. The number of amides is 1. The second kappa shape index (κ2) is 8.98. The van der Waals surface area contributed by atoms with Gasteiger partial charge in [0.15, 0.2) is 11.5 Å². The number of carbonyl (C=O) groups is 1. The predicted molar refractivity (Wildman–Crippen MR) is 109 cm³/mol. The number of pyridine rings is 1. The maximum atomic E-state index is 12.8. The Morgan fingerprint density at radius 1 is 1.29 bits per heavy atom. The molecule has 7 heteroatoms. The number of anilines is 1. The van der Waals surface area contributed by atoms with Gasteiger partial charge >= 0.3 is 0 Å². The van der Waals surface area contributed by atoms with E-state index in [9.17, 15) is 10.1 Å². The number of fused-ring (bicyclic) bond motifs is 1. The van der Waals surface area contributed by atoms with Gasteiger partial charge in [-0.3, -0.25) is 4.79 Å². The van der Waals surface area contributed by atoms with Gasteiger partial charge < -0.3 is 14.8 Å². The molecule has 1 atom stereocenters. The van der Waals surface area contributed by atoms with Crippen LogP contribution >= 0.6 is 11.8 Å². The van der Waals surface area contributed by atoms with Crippen molar-refractivity contribution >= 4 is 23.4 Å². The molecule has 3 rings (SSSR count). The number of rotatable bonds is 7. The molecule has 0 fully saturated rings. The summed E-state index contributed by atoms with van der Waals surface area (Å²) in [7, 11) is 0. The highest BCUT2D eigenvalue weighted by molar-refractivity contribution is 8.00. The van der Waals surface area contributed by atoms with Gasteiger partial charge in [-0.05, 0) is 43.0 Å². The average molecular weight is 398 g/mol. The van der Waals surface area contributed by atoms with Crippen LogP contribution in [0.5, 0.6) is 11.5 Å². The zero-order valence-corrected chi connectivity index (χ0v) is 17.0. The first-order valence-electron chi connectivity index (χ1n) is 9.27. The second-order valence-corrected chi connectivity index (χ2v) is 8.13. The van der Waals surface area contributed by atoms with Gasteiger partial charge in [-0.15, -0.1) is 0 Å². The van der Waals surface area contributed by atoms with E-state index in [-0.39, 0.29) is 18.0 Å². The van der Waals surface area contributed by atoms with Crippen LogP contribution in [-0.2, 0) is 11.2 Å². The first-order chi connectivity index (χ1) is 13.5. The molecule has 1 aliphatic heterocycles. The molecule has 2 aromatic rings. The SMILES string of the molecule is CCC(Sc1nc(CC(C)C)ccc1C#N)C(=O)Nc1ccc2c(c1)OCO2. The monoisotopic (exact) mass is 397 g/mol. The standard InChI is InChI=1S/C21H23N3O3S/c1-4-19(20(25)23-16-7-8-17-18(10-16)27-12-26-17)28-21-14(11-22)5-6-15(24-21)9-13(2)3/h5-8,10,13,19H,4,9,12H2,1-3H3,(H,23,25). The van der Waals surface area contributed by atoms with Gasteiger partial charge in [0, 0.05) is 17.4 Å². The van der Waals surface area contributed by atoms with Crippen LogP contribution in [-0.4, -0.2) is 22.9 Å². The normalized spacial score (nSPS) is 13.2. The summed E-state index contributed by atoms with van der Waals surface area (Å²) in [5.74, 6) is 1.62. The zero-order valence-electron chi connectivity index (χ0n) is 16.2. The number of aromatic nitrogens is 1. The lowest BCUT2D eigenvalue weighted by molar-refractivity contribution is -0.115. The lowest BCUT2D eigenvalue weighted by atomic mass is 10.1. The van der Waals surface area contributed by atoms with Gasteiger partial charge in [0.1, 0.15) is 11.1 Å². The van der Waals surface area contributed by atoms with E-state index < -0.39 is 0 Å². The van der Waals surface area contributed by atoms with E-state index in [2.05, 4.69) is 30.2 Å². The van der Waals surface area contributed by atoms with Gasteiger partial charge in [0.25, 0.3) is 0 Å². The lowest BCUT2D eigenvalue weighted by Crippen LogP contribution is -2.24. The van der Waals surface area contributed by atoms with E-state index in [0.29, 0.717) is 40.1 Å². The highest BCUT2D eigenvalue weighted by Crippen LogP contribution is 2.35. The maximum absolute atomic E-state index is 12.8. The molecule has 1 unspecified atom stereocenters. The van der Waals surface area contributed by atoms with Crippen LogP contribution < -0.4 is 14.8 Å². The van der Waals surface area contributed by atoms with Gasteiger partial charge in [0.2, 0.25) is 12.7 Å². The molecule has 1 aromatic heterocycles. The molecular formula is C21H23N3O3S. The van der Waals surface area contributed by atoms with Crippen molar-refractivity contribution in [1.29, 1.82) is 5.26 Å². The van der Waals surface area contributed by atoms with Crippen molar-refractivity contribution in [3.63, 3.8) is 0 Å². The van der Waals surface area contributed by atoms with Crippen LogP contribution in [0.2, 0.25) is 0 Å². The van der Waals surface area contributed by atoms with Crippen LogP contribution in [0.25, 0.3) is 0 Å². The van der Waals surface area contributed by atoms with Gasteiger partial charge in [-0.25, -0.2) is 4.98 Å². The van der Waals surface area contributed by atoms with E-state index in [4.69, 9.17) is 9.47 Å². The minimum Gasteiger partial charge on any atom is -0.454 e. The molecule has 146 valence electrons. The number of nitrogens with zero attached hydrogens (tertiary/aromatic N) is 2. The van der Waals surface area contributed by atoms with E-state index >= 15 is 0 Å². The third-order valence-corrected chi connectivity index (χ3v) is 5.58. The minimum absolute atomic E-state index is 0.133. The van der Waals surface area contributed by atoms with Crippen LogP contribution in [0.1, 0.15) is 38.4 Å². The molecule has 6 nitrogen and oxygen atoms in total. The van der Waals surface area contributed by atoms with Crippen molar-refractivity contribution in [2.24, 2.45) is 5.92 Å². The fourth-order valence-corrected chi connectivity index (χ4v) is 3.85. The van der Waals surface area contributed by atoms with E-state index in [1.807, 2.05) is 13.0 Å². The molecule has 1 N–H and O–H groups in total. The van der Waals surface area contributed by atoms with Gasteiger partial charge in [0.05, 0.1) is 10.8 Å². The Balaban J connectivity index is 1.74. The Labute approximate surface area is 169 Å². The summed E-state index contributed by atoms with van der Waals surface area (Å²) in [4.78, 5) is 17.4. The minimum atomic E-state index is -0.362. The topological polar surface area (TPSA) is 84.2 Å². The van der Waals surface area contributed by atoms with Crippen LogP contribution in [0.3, 0.4) is 0 Å². The van der Waals surface area contributed by atoms with E-state index in [1.54, 1.807) is 24.3 Å². The van der Waals surface area contributed by atoms with Crippen molar-refractivity contribution in [1.82, 2.24) is 4.98 Å². The van der Waals surface area contributed by atoms with Gasteiger partial charge in [-0.1, -0.05) is 32.5 Å². The molecule has 0 aliphatic carbocycles.